The Kier molecular flexibility index (Phi) is 4.02. The first-order chi connectivity index (χ1) is 8.97. The molecular weight excluding hydrogens is 290 g/mol. The molecule has 2 aromatic rings. The zero-order valence-electron chi connectivity index (χ0n) is 9.88. The van der Waals surface area contributed by atoms with Gasteiger partial charge in [-0.3, -0.25) is 9.78 Å². The van der Waals surface area contributed by atoms with Crippen LogP contribution in [0, 0.1) is 12.7 Å². The van der Waals surface area contributed by atoms with E-state index in [1.165, 1.54) is 24.4 Å². The number of nitrogens with one attached hydrogen (secondary N) is 1. The fourth-order valence-electron chi connectivity index (χ4n) is 1.48. The number of hydrogen-bond acceptors (Lipinski definition) is 2. The van der Waals surface area contributed by atoms with Gasteiger partial charge in [0.1, 0.15) is 5.82 Å². The minimum atomic E-state index is -0.575. The Labute approximate surface area is 119 Å². The van der Waals surface area contributed by atoms with Gasteiger partial charge in [0.15, 0.2) is 0 Å². The molecule has 0 saturated carbocycles. The van der Waals surface area contributed by atoms with E-state index in [2.05, 4.69) is 10.3 Å². The molecule has 1 aromatic carbocycles. The van der Waals surface area contributed by atoms with Crippen molar-refractivity contribution in [3.63, 3.8) is 0 Å². The maximum absolute atomic E-state index is 13.5. The highest BCUT2D eigenvalue weighted by atomic mass is 35.5. The molecular formula is C13H9Cl2FN2O. The molecule has 1 heterocycles. The van der Waals surface area contributed by atoms with Gasteiger partial charge >= 0.3 is 0 Å². The van der Waals surface area contributed by atoms with E-state index in [1.54, 1.807) is 13.0 Å². The van der Waals surface area contributed by atoms with Gasteiger partial charge in [0.05, 0.1) is 16.3 Å². The molecule has 0 aliphatic heterocycles. The van der Waals surface area contributed by atoms with Crippen LogP contribution in [-0.2, 0) is 0 Å². The van der Waals surface area contributed by atoms with Crippen molar-refractivity contribution in [2.24, 2.45) is 0 Å². The first kappa shape index (κ1) is 13.8. The van der Waals surface area contributed by atoms with E-state index >= 15 is 0 Å². The third-order valence-corrected chi connectivity index (χ3v) is 2.96. The summed E-state index contributed by atoms with van der Waals surface area (Å²) in [7, 11) is 0. The summed E-state index contributed by atoms with van der Waals surface area (Å²) in [5.41, 5.74) is 0.858. The number of anilines is 1. The predicted octanol–water partition coefficient (Wildman–Crippen LogP) is 4.09. The quantitative estimate of drug-likeness (QED) is 0.907. The summed E-state index contributed by atoms with van der Waals surface area (Å²) in [5, 5.41) is 2.99. The van der Waals surface area contributed by atoms with Crippen LogP contribution in [0.2, 0.25) is 10.0 Å². The van der Waals surface area contributed by atoms with Crippen LogP contribution in [0.5, 0.6) is 0 Å². The molecule has 2 rings (SSSR count). The number of carbonyl (C=O) groups excluding carboxylic acids is 1. The first-order valence-electron chi connectivity index (χ1n) is 5.36. The number of hydrogen-bond donors (Lipinski definition) is 1. The minimum Gasteiger partial charge on any atom is -0.319 e. The molecule has 19 heavy (non-hydrogen) atoms. The third-order valence-electron chi connectivity index (χ3n) is 2.41. The molecule has 0 aliphatic carbocycles. The fraction of sp³-hybridized carbons (Fsp3) is 0.0769. The Balaban J connectivity index is 2.28. The summed E-state index contributed by atoms with van der Waals surface area (Å²) in [5.74, 6) is -1.12. The number of aryl methyl sites for hydroxylation is 1. The van der Waals surface area contributed by atoms with Gasteiger partial charge in [-0.2, -0.15) is 0 Å². The molecule has 0 bridgehead atoms. The minimum absolute atomic E-state index is 0.00542. The van der Waals surface area contributed by atoms with Crippen molar-refractivity contribution in [1.82, 2.24) is 4.98 Å². The zero-order chi connectivity index (χ0) is 14.0. The van der Waals surface area contributed by atoms with E-state index in [4.69, 9.17) is 23.2 Å². The van der Waals surface area contributed by atoms with Gasteiger partial charge in [-0.25, -0.2) is 4.39 Å². The van der Waals surface area contributed by atoms with E-state index in [9.17, 15) is 9.18 Å². The predicted molar refractivity (Wildman–Crippen MR) is 73.3 cm³/mol. The monoisotopic (exact) mass is 298 g/mol. The van der Waals surface area contributed by atoms with Gasteiger partial charge in [-0.05, 0) is 31.2 Å². The molecule has 0 saturated heterocycles. The third kappa shape index (κ3) is 3.22. The molecule has 6 heteroatoms. The highest BCUT2D eigenvalue weighted by Gasteiger charge is 2.13. The SMILES string of the molecule is Cc1cc(Cl)c(C(=O)Nc2cc(Cl)ccc2F)cn1. The van der Waals surface area contributed by atoms with E-state index in [0.717, 1.165) is 0 Å². The molecule has 0 aliphatic rings. The number of benzene rings is 1. The number of nitrogens with zero attached hydrogens (tertiary/aromatic N) is 1. The van der Waals surface area contributed by atoms with Crippen molar-refractivity contribution in [3.05, 3.63) is 57.6 Å². The second kappa shape index (κ2) is 5.55. The Bertz CT molecular complexity index is 647. The second-order valence-electron chi connectivity index (χ2n) is 3.88. The number of aromatic nitrogens is 1. The van der Waals surface area contributed by atoms with Crippen molar-refractivity contribution in [3.8, 4) is 0 Å². The lowest BCUT2D eigenvalue weighted by Crippen LogP contribution is -2.14. The Morgan fingerprint density at radius 3 is 2.74 bits per heavy atom. The maximum Gasteiger partial charge on any atom is 0.258 e. The van der Waals surface area contributed by atoms with Crippen LogP contribution >= 0.6 is 23.2 Å². The van der Waals surface area contributed by atoms with Crippen molar-refractivity contribution < 1.29 is 9.18 Å². The van der Waals surface area contributed by atoms with Gasteiger partial charge in [0.2, 0.25) is 0 Å². The summed E-state index contributed by atoms with van der Waals surface area (Å²) in [6.07, 6.45) is 1.34. The lowest BCUT2D eigenvalue weighted by atomic mass is 10.2. The lowest BCUT2D eigenvalue weighted by molar-refractivity contribution is 0.102. The highest BCUT2D eigenvalue weighted by molar-refractivity contribution is 6.34. The summed E-state index contributed by atoms with van der Waals surface area (Å²) in [6.45, 7) is 1.75. The standard InChI is InChI=1S/C13H9Cl2FN2O/c1-7-4-10(15)9(6-17-7)13(19)18-12-5-8(14)2-3-11(12)16/h2-6H,1H3,(H,18,19). The Hall–Kier alpha value is -1.65. The van der Waals surface area contributed by atoms with Crippen LogP contribution in [0.3, 0.4) is 0 Å². The molecule has 1 amide bonds. The number of pyridine rings is 1. The average molecular weight is 299 g/mol. The number of carbonyl (C=O) groups is 1. The molecule has 0 spiro atoms. The molecule has 1 aromatic heterocycles. The van der Waals surface area contributed by atoms with E-state index in [1.807, 2.05) is 0 Å². The molecule has 98 valence electrons. The molecule has 3 nitrogen and oxygen atoms in total. The van der Waals surface area contributed by atoms with Crippen LogP contribution in [0.1, 0.15) is 16.1 Å². The summed E-state index contributed by atoms with van der Waals surface area (Å²) in [4.78, 5) is 15.9. The van der Waals surface area contributed by atoms with Gasteiger partial charge in [-0.15, -0.1) is 0 Å². The molecule has 0 atom stereocenters. The second-order valence-corrected chi connectivity index (χ2v) is 4.73. The Morgan fingerprint density at radius 1 is 1.32 bits per heavy atom. The smallest absolute Gasteiger partial charge is 0.258 e. The van der Waals surface area contributed by atoms with Crippen molar-refractivity contribution >= 4 is 34.8 Å². The first-order valence-corrected chi connectivity index (χ1v) is 6.11. The van der Waals surface area contributed by atoms with Crippen LogP contribution < -0.4 is 5.32 Å². The number of amides is 1. The van der Waals surface area contributed by atoms with Crippen molar-refractivity contribution in [1.29, 1.82) is 0 Å². The highest BCUT2D eigenvalue weighted by Crippen LogP contribution is 2.22. The van der Waals surface area contributed by atoms with Crippen molar-refractivity contribution in [2.75, 3.05) is 5.32 Å². The zero-order valence-corrected chi connectivity index (χ0v) is 11.4. The van der Waals surface area contributed by atoms with Crippen molar-refractivity contribution in [2.45, 2.75) is 6.92 Å². The van der Waals surface area contributed by atoms with Crippen LogP contribution in [0.25, 0.3) is 0 Å². The number of halogens is 3. The van der Waals surface area contributed by atoms with Crippen LogP contribution in [0.4, 0.5) is 10.1 Å². The van der Waals surface area contributed by atoms with E-state index < -0.39 is 11.7 Å². The van der Waals surface area contributed by atoms with Gasteiger partial charge in [0, 0.05) is 16.9 Å². The molecule has 1 N–H and O–H groups in total. The average Bonchev–Trinajstić information content (AvgIpc) is 2.33. The Morgan fingerprint density at radius 2 is 2.05 bits per heavy atom. The van der Waals surface area contributed by atoms with Gasteiger partial charge < -0.3 is 5.32 Å². The lowest BCUT2D eigenvalue weighted by Gasteiger charge is -2.08. The molecule has 0 radical (unpaired) electrons. The summed E-state index contributed by atoms with van der Waals surface area (Å²) >= 11 is 11.7. The van der Waals surface area contributed by atoms with Gasteiger partial charge in [-0.1, -0.05) is 23.2 Å². The normalized spacial score (nSPS) is 10.3. The summed E-state index contributed by atoms with van der Waals surface area (Å²) in [6, 6.07) is 5.45. The van der Waals surface area contributed by atoms with E-state index in [-0.39, 0.29) is 16.3 Å². The largest absolute Gasteiger partial charge is 0.319 e. The summed E-state index contributed by atoms with van der Waals surface area (Å²) < 4.78 is 13.5. The number of rotatable bonds is 2. The molecule has 0 fully saturated rings. The van der Waals surface area contributed by atoms with E-state index in [0.29, 0.717) is 10.7 Å². The fourth-order valence-corrected chi connectivity index (χ4v) is 1.94. The topological polar surface area (TPSA) is 42.0 Å². The van der Waals surface area contributed by atoms with Crippen LogP contribution in [0.15, 0.2) is 30.5 Å². The maximum atomic E-state index is 13.5. The van der Waals surface area contributed by atoms with Crippen LogP contribution in [-0.4, -0.2) is 10.9 Å². The van der Waals surface area contributed by atoms with Gasteiger partial charge in [0.25, 0.3) is 5.91 Å². The molecule has 0 unspecified atom stereocenters.